The van der Waals surface area contributed by atoms with Crippen molar-refractivity contribution in [2.75, 3.05) is 0 Å². The highest BCUT2D eigenvalue weighted by Crippen LogP contribution is 2.42. The molecule has 0 aliphatic carbocycles. The molecule has 0 aliphatic rings. The molecule has 0 aliphatic heterocycles. The fourth-order valence-electron chi connectivity index (χ4n) is 9.54. The van der Waals surface area contributed by atoms with Gasteiger partial charge in [0.15, 0.2) is 17.5 Å². The maximum absolute atomic E-state index is 5.25. The zero-order valence-electron chi connectivity index (χ0n) is 35.5. The first-order valence-electron chi connectivity index (χ1n) is 22.2. The van der Waals surface area contributed by atoms with Crippen molar-refractivity contribution >= 4 is 73.8 Å². The lowest BCUT2D eigenvalue weighted by Crippen LogP contribution is -2.00. The fraction of sp³-hybridized carbons (Fsp3) is 0. The van der Waals surface area contributed by atoms with Crippen molar-refractivity contribution in [3.8, 4) is 78.7 Å². The molecule has 0 N–H and O–H groups in total. The first-order chi connectivity index (χ1) is 32.7. The molecule has 3 aromatic heterocycles. The van der Waals surface area contributed by atoms with Crippen molar-refractivity contribution in [2.45, 2.75) is 0 Å². The molecule has 5 heteroatoms. The zero-order valence-corrected chi connectivity index (χ0v) is 37.2. The van der Waals surface area contributed by atoms with Crippen LogP contribution in [-0.4, -0.2) is 15.0 Å². The first-order valence-corrected chi connectivity index (χ1v) is 23.8. The Kier molecular flexibility index (Phi) is 9.22. The Morgan fingerprint density at radius 3 is 1.42 bits per heavy atom. The van der Waals surface area contributed by atoms with Crippen molar-refractivity contribution < 1.29 is 0 Å². The Morgan fingerprint density at radius 2 is 0.682 bits per heavy atom. The molecule has 0 amide bonds. The third kappa shape index (κ3) is 6.68. The van der Waals surface area contributed by atoms with Crippen molar-refractivity contribution in [1.82, 2.24) is 15.0 Å². The van der Waals surface area contributed by atoms with Gasteiger partial charge in [0, 0.05) is 57.0 Å². The molecule has 0 saturated carbocycles. The van der Waals surface area contributed by atoms with Crippen LogP contribution in [0.15, 0.2) is 224 Å². The van der Waals surface area contributed by atoms with Crippen LogP contribution in [0, 0.1) is 0 Å². The van der Waals surface area contributed by atoms with Crippen molar-refractivity contribution in [1.29, 1.82) is 0 Å². The average molecular weight is 876 g/mol. The van der Waals surface area contributed by atoms with Crippen LogP contribution in [-0.2, 0) is 0 Å². The van der Waals surface area contributed by atoms with Crippen LogP contribution in [0.4, 0.5) is 0 Å². The van der Waals surface area contributed by atoms with Gasteiger partial charge in [-0.25, -0.2) is 15.0 Å². The number of thiophene rings is 2. The SMILES string of the molecule is c1ccc(-c2cccc3c(-c4nc(-c5ccc(-c6cccc(-c7cccc8sc9ccccc9c78)c6)cc5)nc(-c5ccc(-c6ccc7c(c6)sc6ccccc67)cc5)n4)cccc23)cc1. The Hall–Kier alpha value is -8.09. The monoisotopic (exact) mass is 875 g/mol. The highest BCUT2D eigenvalue weighted by molar-refractivity contribution is 7.26. The Labute approximate surface area is 389 Å². The lowest BCUT2D eigenvalue weighted by molar-refractivity contribution is 1.08. The molecule has 0 radical (unpaired) electrons. The van der Waals surface area contributed by atoms with E-state index >= 15 is 0 Å². The minimum absolute atomic E-state index is 0.627. The van der Waals surface area contributed by atoms with E-state index in [0.717, 1.165) is 44.2 Å². The molecule has 10 aromatic carbocycles. The molecule has 0 spiro atoms. The fourth-order valence-corrected chi connectivity index (χ4v) is 11.8. The lowest BCUT2D eigenvalue weighted by Gasteiger charge is -2.13. The molecule has 3 heterocycles. The molecule has 308 valence electrons. The summed E-state index contributed by atoms with van der Waals surface area (Å²) in [4.78, 5) is 15.7. The third-order valence-corrected chi connectivity index (χ3v) is 15.1. The highest BCUT2D eigenvalue weighted by atomic mass is 32.1. The predicted octanol–water partition coefficient (Wildman–Crippen LogP) is 17.4. The van der Waals surface area contributed by atoms with Crippen LogP contribution in [0.5, 0.6) is 0 Å². The van der Waals surface area contributed by atoms with E-state index in [1.165, 1.54) is 68.2 Å². The zero-order chi connectivity index (χ0) is 43.6. The van der Waals surface area contributed by atoms with E-state index in [-0.39, 0.29) is 0 Å². The van der Waals surface area contributed by atoms with Gasteiger partial charge in [-0.3, -0.25) is 0 Å². The number of benzene rings is 10. The van der Waals surface area contributed by atoms with Gasteiger partial charge in [-0.2, -0.15) is 0 Å². The Morgan fingerprint density at radius 1 is 0.227 bits per heavy atom. The number of hydrogen-bond donors (Lipinski definition) is 0. The van der Waals surface area contributed by atoms with E-state index in [9.17, 15) is 0 Å². The number of fused-ring (bicyclic) bond motifs is 7. The summed E-state index contributed by atoms with van der Waals surface area (Å²) in [6.45, 7) is 0. The molecule has 66 heavy (non-hydrogen) atoms. The van der Waals surface area contributed by atoms with Crippen LogP contribution in [0.25, 0.3) is 130 Å². The lowest BCUT2D eigenvalue weighted by atomic mass is 9.95. The molecular weight excluding hydrogens is 839 g/mol. The molecule has 0 bridgehead atoms. The van der Waals surface area contributed by atoms with Gasteiger partial charge < -0.3 is 0 Å². The summed E-state index contributed by atoms with van der Waals surface area (Å²) in [5, 5.41) is 7.48. The van der Waals surface area contributed by atoms with Crippen molar-refractivity contribution in [2.24, 2.45) is 0 Å². The van der Waals surface area contributed by atoms with Gasteiger partial charge in [0.1, 0.15) is 0 Å². The summed E-state index contributed by atoms with van der Waals surface area (Å²) < 4.78 is 5.22. The Bertz CT molecular complexity index is 3980. The molecular formula is C61H37N3S2. The van der Waals surface area contributed by atoms with E-state index in [2.05, 4.69) is 224 Å². The highest BCUT2D eigenvalue weighted by Gasteiger charge is 2.17. The average Bonchev–Trinajstić information content (AvgIpc) is 3.97. The van der Waals surface area contributed by atoms with Gasteiger partial charge in [-0.1, -0.05) is 194 Å². The molecule has 13 aromatic rings. The minimum atomic E-state index is 0.627. The van der Waals surface area contributed by atoms with Crippen molar-refractivity contribution in [3.63, 3.8) is 0 Å². The van der Waals surface area contributed by atoms with Gasteiger partial charge in [-0.15, -0.1) is 22.7 Å². The Balaban J connectivity index is 0.897. The topological polar surface area (TPSA) is 38.7 Å². The molecule has 13 rings (SSSR count). The molecule has 0 unspecified atom stereocenters. The van der Waals surface area contributed by atoms with E-state index in [4.69, 9.17) is 15.0 Å². The second kappa shape index (κ2) is 15.9. The van der Waals surface area contributed by atoms with Crippen LogP contribution in [0.3, 0.4) is 0 Å². The summed E-state index contributed by atoms with van der Waals surface area (Å²) in [7, 11) is 0. The van der Waals surface area contributed by atoms with Crippen molar-refractivity contribution in [3.05, 3.63) is 224 Å². The molecule has 0 saturated heterocycles. The van der Waals surface area contributed by atoms with E-state index in [1.807, 2.05) is 22.7 Å². The van der Waals surface area contributed by atoms with Crippen LogP contribution >= 0.6 is 22.7 Å². The van der Waals surface area contributed by atoms with Gasteiger partial charge >= 0.3 is 0 Å². The summed E-state index contributed by atoms with van der Waals surface area (Å²) in [5.74, 6) is 1.89. The van der Waals surface area contributed by atoms with Gasteiger partial charge in [0.2, 0.25) is 0 Å². The van der Waals surface area contributed by atoms with Gasteiger partial charge in [0.05, 0.1) is 0 Å². The van der Waals surface area contributed by atoms with Crippen LogP contribution in [0.2, 0.25) is 0 Å². The molecule has 0 fully saturated rings. The van der Waals surface area contributed by atoms with E-state index in [1.54, 1.807) is 0 Å². The third-order valence-electron chi connectivity index (χ3n) is 12.8. The minimum Gasteiger partial charge on any atom is -0.208 e. The number of rotatable bonds is 7. The largest absolute Gasteiger partial charge is 0.208 e. The summed E-state index contributed by atoms with van der Waals surface area (Å²) in [5.41, 5.74) is 12.2. The van der Waals surface area contributed by atoms with Gasteiger partial charge in [-0.05, 0) is 85.6 Å². The maximum atomic E-state index is 5.25. The maximum Gasteiger partial charge on any atom is 0.164 e. The van der Waals surface area contributed by atoms with E-state index in [0.29, 0.717) is 17.5 Å². The number of aromatic nitrogens is 3. The second-order valence-corrected chi connectivity index (χ2v) is 18.9. The quantitative estimate of drug-likeness (QED) is 0.160. The van der Waals surface area contributed by atoms with Crippen LogP contribution < -0.4 is 0 Å². The summed E-state index contributed by atoms with van der Waals surface area (Å²) >= 11 is 3.70. The first kappa shape index (κ1) is 38.4. The smallest absolute Gasteiger partial charge is 0.164 e. The standard InChI is InChI=1S/C61H37N3S2/c1-2-12-40(13-3-1)46-18-9-21-49-48(46)20-10-22-52(49)61-63-59(62-60(64-61)42-32-28-39(29-33-42)44-34-35-51-50-16-4-6-23-54(50)66-57(51)37-44)41-30-26-38(27-31-41)43-14-8-15-45(36-43)47-19-11-25-56-58(47)53-17-5-7-24-55(53)65-56/h1-37H. The van der Waals surface area contributed by atoms with Gasteiger partial charge in [0.25, 0.3) is 0 Å². The summed E-state index contributed by atoms with van der Waals surface area (Å²) in [6, 6.07) is 80.5. The number of nitrogens with zero attached hydrogens (tertiary/aromatic N) is 3. The molecule has 3 nitrogen and oxygen atoms in total. The second-order valence-electron chi connectivity index (χ2n) is 16.7. The predicted molar refractivity (Wildman–Crippen MR) is 281 cm³/mol. The van der Waals surface area contributed by atoms with Crippen LogP contribution in [0.1, 0.15) is 0 Å². The molecule has 0 atom stereocenters. The number of hydrogen-bond acceptors (Lipinski definition) is 5. The van der Waals surface area contributed by atoms with E-state index < -0.39 is 0 Å². The summed E-state index contributed by atoms with van der Waals surface area (Å²) in [6.07, 6.45) is 0. The normalized spacial score (nSPS) is 11.6.